The van der Waals surface area contributed by atoms with Crippen LogP contribution in [-0.4, -0.2) is 39.5 Å². The highest BCUT2D eigenvalue weighted by Gasteiger charge is 2.36. The van der Waals surface area contributed by atoms with Crippen LogP contribution < -0.4 is 0 Å². The smallest absolute Gasteiger partial charge is 0.388 e. The van der Waals surface area contributed by atoms with Crippen LogP contribution in [0, 0.1) is 0 Å². The van der Waals surface area contributed by atoms with Gasteiger partial charge in [-0.3, -0.25) is 4.90 Å². The van der Waals surface area contributed by atoms with Crippen molar-refractivity contribution in [2.75, 3.05) is 0 Å². The van der Waals surface area contributed by atoms with Crippen molar-refractivity contribution in [2.45, 2.75) is 76.5 Å². The second-order valence-corrected chi connectivity index (χ2v) is 8.43. The SMILES string of the molecule is CC(c1ccccc1-c1ccc(C(F)(F)F)cc1)C(O)C(O)N1C(C)CCCC1C. The van der Waals surface area contributed by atoms with Crippen LogP contribution in [0.3, 0.4) is 0 Å². The van der Waals surface area contributed by atoms with E-state index in [1.165, 1.54) is 12.1 Å². The fourth-order valence-corrected chi connectivity index (χ4v) is 4.58. The lowest BCUT2D eigenvalue weighted by atomic mass is 9.86. The predicted octanol–water partition coefficient (Wildman–Crippen LogP) is 5.42. The Morgan fingerprint density at radius 3 is 2.07 bits per heavy atom. The van der Waals surface area contributed by atoms with E-state index in [4.69, 9.17) is 0 Å². The van der Waals surface area contributed by atoms with Crippen molar-refractivity contribution in [1.29, 1.82) is 0 Å². The molecule has 3 nitrogen and oxygen atoms in total. The molecule has 0 saturated carbocycles. The number of benzene rings is 2. The first kappa shape index (κ1) is 22.8. The minimum absolute atomic E-state index is 0.177. The molecule has 0 aliphatic carbocycles. The zero-order valence-corrected chi connectivity index (χ0v) is 17.6. The number of aliphatic hydroxyl groups excluding tert-OH is 2. The van der Waals surface area contributed by atoms with Crippen LogP contribution in [-0.2, 0) is 6.18 Å². The molecule has 0 spiro atoms. The molecule has 5 unspecified atom stereocenters. The van der Waals surface area contributed by atoms with Crippen molar-refractivity contribution >= 4 is 0 Å². The number of alkyl halides is 3. The fourth-order valence-electron chi connectivity index (χ4n) is 4.58. The summed E-state index contributed by atoms with van der Waals surface area (Å²) in [6.07, 6.45) is -3.36. The van der Waals surface area contributed by atoms with Gasteiger partial charge < -0.3 is 10.2 Å². The molecular weight excluding hydrogens is 391 g/mol. The molecule has 1 aliphatic rings. The maximum Gasteiger partial charge on any atom is 0.416 e. The van der Waals surface area contributed by atoms with Gasteiger partial charge in [0.05, 0.1) is 5.56 Å². The minimum Gasteiger partial charge on any atom is -0.388 e. The average molecular weight is 422 g/mol. The van der Waals surface area contributed by atoms with E-state index in [9.17, 15) is 23.4 Å². The van der Waals surface area contributed by atoms with Gasteiger partial charge in [0.25, 0.3) is 0 Å². The molecule has 6 heteroatoms. The fraction of sp³-hybridized carbons (Fsp3) is 0.500. The lowest BCUT2D eigenvalue weighted by Crippen LogP contribution is -2.55. The third-order valence-corrected chi connectivity index (χ3v) is 6.36. The first-order chi connectivity index (χ1) is 14.1. The molecule has 0 bridgehead atoms. The van der Waals surface area contributed by atoms with E-state index >= 15 is 0 Å². The molecule has 0 aromatic heterocycles. The van der Waals surface area contributed by atoms with Crippen molar-refractivity contribution in [1.82, 2.24) is 4.90 Å². The van der Waals surface area contributed by atoms with E-state index in [0.717, 1.165) is 42.5 Å². The zero-order chi connectivity index (χ0) is 22.1. The van der Waals surface area contributed by atoms with Gasteiger partial charge in [-0.15, -0.1) is 0 Å². The van der Waals surface area contributed by atoms with E-state index in [0.29, 0.717) is 5.56 Å². The molecule has 1 fully saturated rings. The summed E-state index contributed by atoms with van der Waals surface area (Å²) >= 11 is 0. The second-order valence-electron chi connectivity index (χ2n) is 8.43. The highest BCUT2D eigenvalue weighted by molar-refractivity contribution is 5.68. The minimum atomic E-state index is -4.38. The molecule has 0 radical (unpaired) electrons. The second kappa shape index (κ2) is 9.08. The van der Waals surface area contributed by atoms with Gasteiger partial charge >= 0.3 is 6.18 Å². The summed E-state index contributed by atoms with van der Waals surface area (Å²) in [5, 5.41) is 22.0. The molecule has 1 aliphatic heterocycles. The number of hydrogen-bond donors (Lipinski definition) is 2. The molecule has 164 valence electrons. The number of aliphatic hydroxyl groups is 2. The molecule has 2 N–H and O–H groups in total. The summed E-state index contributed by atoms with van der Waals surface area (Å²) in [5.74, 6) is -0.403. The third kappa shape index (κ3) is 4.71. The topological polar surface area (TPSA) is 43.7 Å². The van der Waals surface area contributed by atoms with Gasteiger partial charge in [-0.2, -0.15) is 13.2 Å². The number of halogens is 3. The maximum absolute atomic E-state index is 12.9. The van der Waals surface area contributed by atoms with Gasteiger partial charge in [-0.1, -0.05) is 49.7 Å². The third-order valence-electron chi connectivity index (χ3n) is 6.36. The number of nitrogens with zero attached hydrogens (tertiary/aromatic N) is 1. The van der Waals surface area contributed by atoms with Crippen molar-refractivity contribution in [3.63, 3.8) is 0 Å². The quantitative estimate of drug-likeness (QED) is 0.678. The summed E-state index contributed by atoms with van der Waals surface area (Å²) in [4.78, 5) is 1.98. The molecule has 0 amide bonds. The summed E-state index contributed by atoms with van der Waals surface area (Å²) in [6, 6.07) is 12.7. The summed E-state index contributed by atoms with van der Waals surface area (Å²) < 4.78 is 38.7. The molecule has 1 heterocycles. The molecule has 2 aromatic carbocycles. The lowest BCUT2D eigenvalue weighted by Gasteiger charge is -2.44. The van der Waals surface area contributed by atoms with Crippen LogP contribution >= 0.6 is 0 Å². The van der Waals surface area contributed by atoms with Crippen molar-refractivity contribution in [2.24, 2.45) is 0 Å². The van der Waals surface area contributed by atoms with Gasteiger partial charge in [0.1, 0.15) is 12.3 Å². The van der Waals surface area contributed by atoms with Crippen LogP contribution in [0.25, 0.3) is 11.1 Å². The maximum atomic E-state index is 12.9. The Kier molecular flexibility index (Phi) is 6.90. The Hall–Kier alpha value is -1.89. The van der Waals surface area contributed by atoms with Gasteiger partial charge in [0.15, 0.2) is 0 Å². The Bertz CT molecular complexity index is 827. The van der Waals surface area contributed by atoms with Gasteiger partial charge in [0.2, 0.25) is 0 Å². The summed E-state index contributed by atoms with van der Waals surface area (Å²) in [5.41, 5.74) is 1.50. The highest BCUT2D eigenvalue weighted by Crippen LogP contribution is 2.36. The zero-order valence-electron chi connectivity index (χ0n) is 17.6. The van der Waals surface area contributed by atoms with E-state index in [2.05, 4.69) is 13.8 Å². The molecular formula is C24H30F3NO2. The van der Waals surface area contributed by atoms with E-state index < -0.39 is 30.0 Å². The van der Waals surface area contributed by atoms with Gasteiger partial charge in [0, 0.05) is 18.0 Å². The van der Waals surface area contributed by atoms with E-state index in [1.807, 2.05) is 36.1 Å². The van der Waals surface area contributed by atoms with Crippen molar-refractivity contribution in [3.05, 3.63) is 59.7 Å². The van der Waals surface area contributed by atoms with Crippen LogP contribution in [0.2, 0.25) is 0 Å². The van der Waals surface area contributed by atoms with E-state index in [-0.39, 0.29) is 12.1 Å². The molecule has 3 rings (SSSR count). The molecule has 1 saturated heterocycles. The summed E-state index contributed by atoms with van der Waals surface area (Å²) in [6.45, 7) is 5.97. The van der Waals surface area contributed by atoms with Gasteiger partial charge in [-0.05, 0) is 55.5 Å². The molecule has 2 aromatic rings. The van der Waals surface area contributed by atoms with Crippen molar-refractivity contribution < 1.29 is 23.4 Å². The lowest BCUT2D eigenvalue weighted by molar-refractivity contribution is -0.137. The van der Waals surface area contributed by atoms with E-state index in [1.54, 1.807) is 0 Å². The first-order valence-corrected chi connectivity index (χ1v) is 10.5. The summed E-state index contributed by atoms with van der Waals surface area (Å²) in [7, 11) is 0. The number of piperidine rings is 1. The Morgan fingerprint density at radius 2 is 1.50 bits per heavy atom. The highest BCUT2D eigenvalue weighted by atomic mass is 19.4. The van der Waals surface area contributed by atoms with Crippen LogP contribution in [0.1, 0.15) is 57.1 Å². The predicted molar refractivity (Wildman–Crippen MR) is 112 cm³/mol. The van der Waals surface area contributed by atoms with Crippen LogP contribution in [0.15, 0.2) is 48.5 Å². The molecule has 30 heavy (non-hydrogen) atoms. The number of rotatable bonds is 5. The first-order valence-electron chi connectivity index (χ1n) is 10.5. The van der Waals surface area contributed by atoms with Gasteiger partial charge in [-0.25, -0.2) is 0 Å². The number of hydrogen-bond acceptors (Lipinski definition) is 3. The van der Waals surface area contributed by atoms with Crippen LogP contribution in [0.5, 0.6) is 0 Å². The number of likely N-dealkylation sites (tertiary alicyclic amines) is 1. The Labute approximate surface area is 176 Å². The molecule has 5 atom stereocenters. The average Bonchev–Trinajstić information content (AvgIpc) is 2.72. The normalized spacial score (nSPS) is 23.7. The monoisotopic (exact) mass is 421 g/mol. The van der Waals surface area contributed by atoms with Crippen molar-refractivity contribution in [3.8, 4) is 11.1 Å². The Balaban J connectivity index is 1.87. The largest absolute Gasteiger partial charge is 0.416 e. The Morgan fingerprint density at radius 1 is 0.933 bits per heavy atom. The standard InChI is InChI=1S/C24H30F3NO2/c1-15-7-6-8-16(2)28(15)23(30)22(29)17(3)20-9-4-5-10-21(20)18-11-13-19(14-12-18)24(25,26)27/h4-5,9-17,22-23,29-30H,6-8H2,1-3H3. The van der Waals surface area contributed by atoms with Crippen LogP contribution in [0.4, 0.5) is 13.2 Å².